The van der Waals surface area contributed by atoms with Gasteiger partial charge < -0.3 is 11.0 Å². The molecule has 5 heterocycles. The van der Waals surface area contributed by atoms with Crippen molar-refractivity contribution < 1.29 is 11.0 Å². The van der Waals surface area contributed by atoms with E-state index in [4.69, 9.17) is 0 Å². The summed E-state index contributed by atoms with van der Waals surface area (Å²) < 4.78 is 0. The van der Waals surface area contributed by atoms with E-state index < -0.39 is 0 Å². The Bertz CT molecular complexity index is 1560. The molecule has 12 N–H and O–H groups in total. The van der Waals surface area contributed by atoms with Crippen molar-refractivity contribution in [3.63, 3.8) is 0 Å². The van der Waals surface area contributed by atoms with Gasteiger partial charge in [-0.25, -0.2) is 0 Å². The van der Waals surface area contributed by atoms with Gasteiger partial charge in [-0.15, -0.1) is 0 Å². The Labute approximate surface area is 427 Å². The summed E-state index contributed by atoms with van der Waals surface area (Å²) in [5.41, 5.74) is 0.536. The van der Waals surface area contributed by atoms with E-state index in [0.717, 1.165) is 0 Å². The maximum atomic E-state index is 4.56. The van der Waals surface area contributed by atoms with Gasteiger partial charge in [0.15, 0.2) is 0 Å². The number of hydrogen-bond acceptors (Lipinski definition) is 8. The zero-order valence-corrected chi connectivity index (χ0v) is 50.0. The second-order valence-corrected chi connectivity index (χ2v) is 30.3. The second-order valence-electron chi connectivity index (χ2n) is 26.0. The van der Waals surface area contributed by atoms with E-state index >= 15 is 0 Å². The molecule has 15 heteroatoms. The fraction of sp³-hybridized carbons (Fsp3) is 1.00. The predicted octanol–water partition coefficient (Wildman–Crippen LogP) is 6.62. The van der Waals surface area contributed by atoms with Crippen LogP contribution in [0.3, 0.4) is 0 Å². The van der Waals surface area contributed by atoms with Crippen molar-refractivity contribution in [2.45, 2.75) is 203 Å². The van der Waals surface area contributed by atoms with Gasteiger partial charge in [-0.05, 0) is 107 Å². The van der Waals surface area contributed by atoms with Crippen LogP contribution in [0.2, 0.25) is 0 Å². The summed E-state index contributed by atoms with van der Waals surface area (Å²) in [6, 6.07) is 0. The van der Waals surface area contributed by atoms with Gasteiger partial charge in [-0.2, -0.15) is 0 Å². The van der Waals surface area contributed by atoms with Crippen LogP contribution in [0.1, 0.15) is 134 Å². The molecule has 8 bridgehead atoms. The summed E-state index contributed by atoms with van der Waals surface area (Å²) in [5, 5.41) is 35.4. The first-order valence-corrected chi connectivity index (χ1v) is 28.3. The van der Waals surface area contributed by atoms with Crippen LogP contribution in [-0.4, -0.2) is 97.2 Å². The number of rotatable bonds is 0. The standard InChI is InChI=1S/C48H84Br4N8.GeH2.2H2O/c1-45(2,3)29-25-26(30(46(4,5)6)32(48(10,11)12)31(29)47(7,8)9)42-58-41(25)56-39-23-19-15-13-17-21(23)37(54-39)53-38-22-18-14-16-20-24(22)40(55-38)57-43-27-28(44(59-42)60-43)34(50)36(52)35(51)33(27)49;;;/h21-44,53-60H,13-20H2,1-12H3;3*1H2. The van der Waals surface area contributed by atoms with E-state index in [1.807, 2.05) is 0 Å². The number of alkyl halides is 4. The quantitative estimate of drug-likeness (QED) is 0.0994. The molecule has 366 valence electrons. The molecule has 0 aromatic rings. The molecular weight excluding hydrogens is 1110 g/mol. The average molecular weight is 1200 g/mol. The molecule has 5 saturated heterocycles. The molecule has 9 aliphatic rings. The van der Waals surface area contributed by atoms with Crippen LogP contribution in [0.15, 0.2) is 0 Å². The first kappa shape index (κ1) is 54.4. The third-order valence-electron chi connectivity index (χ3n) is 18.4. The van der Waals surface area contributed by atoms with Gasteiger partial charge in [0.25, 0.3) is 0 Å². The van der Waals surface area contributed by atoms with Crippen LogP contribution in [0.4, 0.5) is 0 Å². The van der Waals surface area contributed by atoms with Gasteiger partial charge >= 0.3 is 17.6 Å². The molecule has 10 nitrogen and oxygen atoms in total. The van der Waals surface area contributed by atoms with Crippen molar-refractivity contribution in [2.24, 2.45) is 92.7 Å². The Morgan fingerprint density at radius 1 is 0.302 bits per heavy atom. The van der Waals surface area contributed by atoms with Crippen molar-refractivity contribution in [1.82, 2.24) is 42.5 Å². The van der Waals surface area contributed by atoms with Gasteiger partial charge in [-0.3, -0.25) is 42.5 Å². The summed E-state index contributed by atoms with van der Waals surface area (Å²) >= 11 is 17.1. The molecule has 63 heavy (non-hydrogen) atoms. The average Bonchev–Trinajstić information content (AvgIpc) is 3.89. The zero-order valence-electron chi connectivity index (χ0n) is 40.7. The first-order valence-electron chi connectivity index (χ1n) is 24.6. The third-order valence-corrected chi connectivity index (χ3v) is 25.2. The zero-order chi connectivity index (χ0) is 43.2. The molecule has 4 aliphatic carbocycles. The van der Waals surface area contributed by atoms with E-state index in [1.54, 1.807) is 0 Å². The topological polar surface area (TPSA) is 159 Å². The van der Waals surface area contributed by atoms with Gasteiger partial charge in [0, 0.05) is 31.1 Å². The molecule has 0 aromatic heterocycles. The fourth-order valence-electron chi connectivity index (χ4n) is 16.5. The molecule has 9 rings (SSSR count). The minimum atomic E-state index is 0. The summed E-state index contributed by atoms with van der Waals surface area (Å²) in [7, 11) is 0. The second kappa shape index (κ2) is 19.6. The SMILES string of the molecule is CC(C)(C)C1C2C3NC4NC(NC5NC(NC6NC(NC(N3)C2C(C(C)(C)C)C(C(C)(C)C)C1C(C)(C)C)C1C(Br)C(Br)C(Br)C(Br)C61)C1CCCCC51)C1CCCCC41.O.O.[GeH2]. The van der Waals surface area contributed by atoms with Gasteiger partial charge in [0.05, 0.1) is 49.3 Å². The van der Waals surface area contributed by atoms with Gasteiger partial charge in [-0.1, -0.05) is 172 Å². The molecule has 0 spiro atoms. The van der Waals surface area contributed by atoms with Crippen molar-refractivity contribution in [1.29, 1.82) is 0 Å². The molecule has 9 fully saturated rings. The van der Waals surface area contributed by atoms with E-state index in [9.17, 15) is 0 Å². The van der Waals surface area contributed by atoms with Gasteiger partial charge in [0.2, 0.25) is 0 Å². The third kappa shape index (κ3) is 9.63. The summed E-state index contributed by atoms with van der Waals surface area (Å²) in [4.78, 5) is 1.20. The van der Waals surface area contributed by atoms with Crippen molar-refractivity contribution >= 4 is 81.3 Å². The van der Waals surface area contributed by atoms with Crippen LogP contribution >= 0.6 is 63.7 Å². The summed E-state index contributed by atoms with van der Waals surface area (Å²) in [6.45, 7) is 31.0. The molecule has 4 saturated carbocycles. The van der Waals surface area contributed by atoms with Crippen molar-refractivity contribution in [3.05, 3.63) is 0 Å². The van der Waals surface area contributed by atoms with E-state index in [2.05, 4.69) is 189 Å². The molecule has 5 aliphatic heterocycles. The van der Waals surface area contributed by atoms with Crippen LogP contribution < -0.4 is 42.5 Å². The predicted molar refractivity (Wildman–Crippen MR) is 279 cm³/mol. The Morgan fingerprint density at radius 3 is 0.746 bits per heavy atom. The molecule has 24 unspecified atom stereocenters. The Hall–Kier alpha value is 2.06. The van der Waals surface area contributed by atoms with Crippen LogP contribution in [0.5, 0.6) is 0 Å². The number of hydrogen-bond donors (Lipinski definition) is 8. The van der Waals surface area contributed by atoms with Crippen LogP contribution in [-0.2, 0) is 0 Å². The normalized spacial score (nSPS) is 51.0. The van der Waals surface area contributed by atoms with Crippen molar-refractivity contribution in [3.8, 4) is 0 Å². The Balaban J connectivity index is 0.00000220. The van der Waals surface area contributed by atoms with E-state index in [1.165, 1.54) is 51.4 Å². The molecule has 2 radical (unpaired) electrons. The fourth-order valence-corrected chi connectivity index (χ4v) is 20.7. The number of fused-ring (bicyclic) bond motifs is 20. The Morgan fingerprint density at radius 2 is 0.508 bits per heavy atom. The molecular formula is C48H90Br4GeN8O2. The monoisotopic (exact) mass is 1200 g/mol. The molecule has 24 atom stereocenters. The van der Waals surface area contributed by atoms with E-state index in [-0.39, 0.29) is 87.2 Å². The summed E-state index contributed by atoms with van der Waals surface area (Å²) in [5.74, 6) is 6.34. The Kier molecular flexibility index (Phi) is 16.9. The summed E-state index contributed by atoms with van der Waals surface area (Å²) in [6.07, 6.45) is 12.4. The van der Waals surface area contributed by atoms with Gasteiger partial charge in [0.1, 0.15) is 0 Å². The first-order chi connectivity index (χ1) is 28.0. The molecule has 0 aromatic carbocycles. The number of halogens is 4. The van der Waals surface area contributed by atoms with Crippen LogP contribution in [0, 0.1) is 92.7 Å². The van der Waals surface area contributed by atoms with Crippen molar-refractivity contribution in [2.75, 3.05) is 0 Å². The maximum absolute atomic E-state index is 4.56. The molecule has 0 amide bonds. The number of nitrogens with one attached hydrogen (secondary N) is 8. The minimum absolute atomic E-state index is 0. The van der Waals surface area contributed by atoms with Crippen LogP contribution in [0.25, 0.3) is 0 Å². The van der Waals surface area contributed by atoms with E-state index in [0.29, 0.717) is 103 Å².